The van der Waals surface area contributed by atoms with Gasteiger partial charge < -0.3 is 4.90 Å². The lowest BCUT2D eigenvalue weighted by molar-refractivity contribution is 0.0978. The van der Waals surface area contributed by atoms with Crippen molar-refractivity contribution >= 4 is 17.2 Å². The van der Waals surface area contributed by atoms with Crippen LogP contribution in [-0.2, 0) is 13.0 Å². The molecule has 0 aliphatic rings. The van der Waals surface area contributed by atoms with Crippen molar-refractivity contribution in [2.24, 2.45) is 0 Å². The third-order valence-electron chi connectivity index (χ3n) is 4.87. The van der Waals surface area contributed by atoms with Gasteiger partial charge in [0.2, 0.25) is 0 Å². The first-order valence-corrected chi connectivity index (χ1v) is 9.56. The average Bonchev–Trinajstić information content (AvgIpc) is 3.10. The van der Waals surface area contributed by atoms with Crippen LogP contribution >= 0.6 is 0 Å². The lowest BCUT2D eigenvalue weighted by Gasteiger charge is -2.23. The second-order valence-corrected chi connectivity index (χ2v) is 6.91. The maximum atomic E-state index is 13.8. The summed E-state index contributed by atoms with van der Waals surface area (Å²) in [5.41, 5.74) is 5.32. The maximum Gasteiger partial charge on any atom is 0.277 e. The fraction of sp³-hybridized carbons (Fsp3) is 0.167. The molecule has 0 radical (unpaired) electrons. The molecule has 0 unspecified atom stereocenters. The summed E-state index contributed by atoms with van der Waals surface area (Å²) in [6.45, 7) is 4.57. The highest BCUT2D eigenvalue weighted by Crippen LogP contribution is 2.23. The Bertz CT molecular complexity index is 1100. The highest BCUT2D eigenvalue weighted by atomic mass is 16.2. The zero-order chi connectivity index (χ0) is 19.5. The molecule has 0 spiro atoms. The Kier molecular flexibility index (Phi) is 4.94. The zero-order valence-electron chi connectivity index (χ0n) is 16.2. The molecule has 0 fully saturated rings. The number of imidazole rings is 1. The van der Waals surface area contributed by atoms with Gasteiger partial charge in [-0.05, 0) is 42.7 Å². The summed E-state index contributed by atoms with van der Waals surface area (Å²) in [6, 6.07) is 23.9. The average molecular weight is 369 g/mol. The highest BCUT2D eigenvalue weighted by Gasteiger charge is 2.25. The Morgan fingerprint density at radius 1 is 0.964 bits per heavy atom. The first-order valence-electron chi connectivity index (χ1n) is 9.56. The van der Waals surface area contributed by atoms with Gasteiger partial charge in [-0.15, -0.1) is 0 Å². The number of fused-ring (bicyclic) bond motifs is 1. The SMILES string of the molecule is CCc1nc2ccc(C)cn2c1C(=O)N(Cc1ccccc1)c1ccccc1. The molecular formula is C24H23N3O. The van der Waals surface area contributed by atoms with E-state index in [4.69, 9.17) is 4.98 Å². The molecule has 4 aromatic rings. The molecule has 1 amide bonds. The molecule has 0 atom stereocenters. The molecule has 2 heterocycles. The van der Waals surface area contributed by atoms with Gasteiger partial charge in [-0.2, -0.15) is 0 Å². The minimum Gasteiger partial charge on any atom is -0.303 e. The minimum absolute atomic E-state index is 0.0370. The Hall–Kier alpha value is -3.40. The van der Waals surface area contributed by atoms with E-state index in [-0.39, 0.29) is 5.91 Å². The van der Waals surface area contributed by atoms with Crippen molar-refractivity contribution in [1.29, 1.82) is 0 Å². The second-order valence-electron chi connectivity index (χ2n) is 6.91. The Balaban J connectivity index is 1.84. The molecule has 0 N–H and O–H groups in total. The molecule has 140 valence electrons. The van der Waals surface area contributed by atoms with Crippen molar-refractivity contribution < 1.29 is 4.79 Å². The normalized spacial score (nSPS) is 10.9. The number of pyridine rings is 1. The van der Waals surface area contributed by atoms with Crippen LogP contribution in [-0.4, -0.2) is 15.3 Å². The lowest BCUT2D eigenvalue weighted by atomic mass is 10.1. The molecule has 2 aromatic heterocycles. The Morgan fingerprint density at radius 3 is 2.32 bits per heavy atom. The fourth-order valence-corrected chi connectivity index (χ4v) is 3.45. The summed E-state index contributed by atoms with van der Waals surface area (Å²) >= 11 is 0. The number of para-hydroxylation sites is 1. The topological polar surface area (TPSA) is 37.6 Å². The van der Waals surface area contributed by atoms with Crippen LogP contribution in [0.4, 0.5) is 5.69 Å². The molecule has 0 aliphatic heterocycles. The molecule has 2 aromatic carbocycles. The predicted octanol–water partition coefficient (Wildman–Crippen LogP) is 5.05. The molecule has 28 heavy (non-hydrogen) atoms. The van der Waals surface area contributed by atoms with Crippen LogP contribution in [0.25, 0.3) is 5.65 Å². The van der Waals surface area contributed by atoms with E-state index in [0.717, 1.165) is 28.2 Å². The molecule has 0 saturated carbocycles. The fourth-order valence-electron chi connectivity index (χ4n) is 3.45. The van der Waals surface area contributed by atoms with Crippen LogP contribution in [0, 0.1) is 6.92 Å². The smallest absolute Gasteiger partial charge is 0.277 e. The van der Waals surface area contributed by atoms with Gasteiger partial charge in [0, 0.05) is 11.9 Å². The van der Waals surface area contributed by atoms with Gasteiger partial charge in [-0.25, -0.2) is 4.98 Å². The quantitative estimate of drug-likeness (QED) is 0.493. The summed E-state index contributed by atoms with van der Waals surface area (Å²) in [4.78, 5) is 20.3. The third kappa shape index (κ3) is 3.41. The van der Waals surface area contributed by atoms with Gasteiger partial charge in [-0.3, -0.25) is 9.20 Å². The number of aryl methyl sites for hydroxylation is 2. The number of aromatic nitrogens is 2. The number of amides is 1. The summed E-state index contributed by atoms with van der Waals surface area (Å²) in [6.07, 6.45) is 2.69. The highest BCUT2D eigenvalue weighted by molar-refractivity contribution is 6.06. The van der Waals surface area contributed by atoms with E-state index in [2.05, 4.69) is 0 Å². The third-order valence-corrected chi connectivity index (χ3v) is 4.87. The van der Waals surface area contributed by atoms with Gasteiger partial charge in [0.25, 0.3) is 5.91 Å². The number of rotatable bonds is 5. The monoisotopic (exact) mass is 369 g/mol. The summed E-state index contributed by atoms with van der Waals surface area (Å²) in [5, 5.41) is 0. The van der Waals surface area contributed by atoms with E-state index in [1.54, 1.807) is 0 Å². The molecule has 0 saturated heterocycles. The summed E-state index contributed by atoms with van der Waals surface area (Å²) < 4.78 is 1.93. The number of carbonyl (C=O) groups is 1. The summed E-state index contributed by atoms with van der Waals surface area (Å²) in [7, 11) is 0. The number of hydrogen-bond donors (Lipinski definition) is 0. The van der Waals surface area contributed by atoms with Crippen LogP contribution in [0.15, 0.2) is 79.0 Å². The lowest BCUT2D eigenvalue weighted by Crippen LogP contribution is -2.32. The second kappa shape index (κ2) is 7.69. The minimum atomic E-state index is -0.0370. The van der Waals surface area contributed by atoms with Gasteiger partial charge in [0.05, 0.1) is 12.2 Å². The van der Waals surface area contributed by atoms with Crippen LogP contribution in [0.2, 0.25) is 0 Å². The van der Waals surface area contributed by atoms with E-state index >= 15 is 0 Å². The number of carbonyl (C=O) groups excluding carboxylic acids is 1. The standard InChI is InChI=1S/C24H23N3O/c1-3-21-23(27-16-18(2)14-15-22(27)25-21)24(28)26(20-12-8-5-9-13-20)17-19-10-6-4-7-11-19/h4-16H,3,17H2,1-2H3. The molecular weight excluding hydrogens is 346 g/mol. The van der Waals surface area contributed by atoms with E-state index in [1.165, 1.54) is 0 Å². The number of hydrogen-bond acceptors (Lipinski definition) is 2. The van der Waals surface area contributed by atoms with Crippen LogP contribution < -0.4 is 4.90 Å². The van der Waals surface area contributed by atoms with Crippen molar-refractivity contribution in [3.05, 3.63) is 102 Å². The van der Waals surface area contributed by atoms with Crippen molar-refractivity contribution in [2.45, 2.75) is 26.8 Å². The number of nitrogens with zero attached hydrogens (tertiary/aromatic N) is 3. The van der Waals surface area contributed by atoms with Crippen LogP contribution in [0.5, 0.6) is 0 Å². The summed E-state index contributed by atoms with van der Waals surface area (Å²) in [5.74, 6) is -0.0370. The van der Waals surface area contributed by atoms with Crippen molar-refractivity contribution in [3.8, 4) is 0 Å². The van der Waals surface area contributed by atoms with Crippen molar-refractivity contribution in [3.63, 3.8) is 0 Å². The van der Waals surface area contributed by atoms with E-state index in [9.17, 15) is 4.79 Å². The van der Waals surface area contributed by atoms with Gasteiger partial charge in [0.15, 0.2) is 0 Å². The van der Waals surface area contributed by atoms with Crippen molar-refractivity contribution in [1.82, 2.24) is 9.38 Å². The first-order chi connectivity index (χ1) is 13.7. The van der Waals surface area contributed by atoms with E-state index in [1.807, 2.05) is 102 Å². The van der Waals surface area contributed by atoms with Gasteiger partial charge in [0.1, 0.15) is 11.3 Å². The van der Waals surface area contributed by atoms with E-state index < -0.39 is 0 Å². The Labute approximate surface area is 165 Å². The van der Waals surface area contributed by atoms with Gasteiger partial charge in [-0.1, -0.05) is 61.5 Å². The number of anilines is 1. The first kappa shape index (κ1) is 18.0. The van der Waals surface area contributed by atoms with Gasteiger partial charge >= 0.3 is 0 Å². The predicted molar refractivity (Wildman–Crippen MR) is 113 cm³/mol. The van der Waals surface area contributed by atoms with Crippen LogP contribution in [0.3, 0.4) is 0 Å². The molecule has 4 nitrogen and oxygen atoms in total. The molecule has 0 aliphatic carbocycles. The largest absolute Gasteiger partial charge is 0.303 e. The van der Waals surface area contributed by atoms with Crippen molar-refractivity contribution in [2.75, 3.05) is 4.90 Å². The Morgan fingerprint density at radius 2 is 1.64 bits per heavy atom. The molecule has 4 rings (SSSR count). The maximum absolute atomic E-state index is 13.8. The van der Waals surface area contributed by atoms with Crippen LogP contribution in [0.1, 0.15) is 34.2 Å². The molecule has 4 heteroatoms. The molecule has 0 bridgehead atoms. The number of benzene rings is 2. The zero-order valence-corrected chi connectivity index (χ0v) is 16.2. The van der Waals surface area contributed by atoms with E-state index in [0.29, 0.717) is 18.7 Å².